The van der Waals surface area contributed by atoms with Gasteiger partial charge in [-0.2, -0.15) is 0 Å². The van der Waals surface area contributed by atoms with Crippen LogP contribution in [-0.2, 0) is 0 Å². The Morgan fingerprint density at radius 2 is 1.94 bits per heavy atom. The summed E-state index contributed by atoms with van der Waals surface area (Å²) in [5, 5.41) is 3.51. The van der Waals surface area contributed by atoms with Gasteiger partial charge in [0.05, 0.1) is 6.61 Å². The Bertz CT molecular complexity index is 363. The lowest BCUT2D eigenvalue weighted by atomic mass is 10.2. The maximum atomic E-state index is 6.04. The second-order valence-corrected chi connectivity index (χ2v) is 4.71. The summed E-state index contributed by atoms with van der Waals surface area (Å²) in [6.45, 7) is 5.73. The molecular weight excluding hydrogens is 226 g/mol. The predicted molar refractivity (Wildman–Crippen MR) is 73.3 cm³/mol. The van der Waals surface area contributed by atoms with Gasteiger partial charge in [-0.3, -0.25) is 0 Å². The molecule has 0 heterocycles. The van der Waals surface area contributed by atoms with Gasteiger partial charge in [0, 0.05) is 12.6 Å². The molecule has 0 aromatic heterocycles. The van der Waals surface area contributed by atoms with Crippen molar-refractivity contribution in [2.75, 3.05) is 13.2 Å². The highest BCUT2D eigenvalue weighted by Gasteiger charge is 2.22. The number of rotatable bonds is 8. The third-order valence-electron chi connectivity index (χ3n) is 3.11. The lowest BCUT2D eigenvalue weighted by Gasteiger charge is -2.20. The zero-order valence-electron chi connectivity index (χ0n) is 11.3. The number of benzene rings is 1. The van der Waals surface area contributed by atoms with E-state index in [2.05, 4.69) is 12.2 Å². The first-order valence-corrected chi connectivity index (χ1v) is 6.95. The molecule has 3 nitrogen and oxygen atoms in total. The van der Waals surface area contributed by atoms with E-state index in [1.54, 1.807) is 0 Å². The fraction of sp³-hybridized carbons (Fsp3) is 0.600. The van der Waals surface area contributed by atoms with Crippen LogP contribution in [0.2, 0.25) is 0 Å². The molecule has 1 aromatic rings. The molecule has 0 aliphatic heterocycles. The molecule has 100 valence electrons. The van der Waals surface area contributed by atoms with E-state index in [9.17, 15) is 0 Å². The van der Waals surface area contributed by atoms with Crippen LogP contribution in [0.15, 0.2) is 24.3 Å². The van der Waals surface area contributed by atoms with Crippen LogP contribution in [0.25, 0.3) is 0 Å². The van der Waals surface area contributed by atoms with Gasteiger partial charge in [0.1, 0.15) is 6.10 Å². The van der Waals surface area contributed by atoms with Crippen LogP contribution in [0.3, 0.4) is 0 Å². The Hall–Kier alpha value is -1.22. The van der Waals surface area contributed by atoms with E-state index in [0.29, 0.717) is 6.61 Å². The molecule has 2 rings (SSSR count). The summed E-state index contributed by atoms with van der Waals surface area (Å²) >= 11 is 0. The van der Waals surface area contributed by atoms with Crippen molar-refractivity contribution in [2.24, 2.45) is 0 Å². The fourth-order valence-corrected chi connectivity index (χ4v) is 1.86. The van der Waals surface area contributed by atoms with Crippen LogP contribution in [-0.4, -0.2) is 25.3 Å². The summed E-state index contributed by atoms with van der Waals surface area (Å²) in [4.78, 5) is 0. The minimum absolute atomic E-state index is 0.215. The molecule has 1 aliphatic carbocycles. The second kappa shape index (κ2) is 6.64. The third kappa shape index (κ3) is 3.91. The van der Waals surface area contributed by atoms with Crippen molar-refractivity contribution in [3.63, 3.8) is 0 Å². The van der Waals surface area contributed by atoms with Crippen LogP contribution < -0.4 is 14.8 Å². The van der Waals surface area contributed by atoms with E-state index in [1.807, 2.05) is 31.2 Å². The van der Waals surface area contributed by atoms with E-state index < -0.39 is 0 Å². The molecule has 1 aromatic carbocycles. The van der Waals surface area contributed by atoms with Gasteiger partial charge >= 0.3 is 0 Å². The first kappa shape index (κ1) is 13.2. The Morgan fingerprint density at radius 3 is 2.56 bits per heavy atom. The molecule has 3 heteroatoms. The maximum absolute atomic E-state index is 6.04. The second-order valence-electron chi connectivity index (χ2n) is 4.71. The zero-order valence-corrected chi connectivity index (χ0v) is 11.3. The maximum Gasteiger partial charge on any atom is 0.161 e. The molecule has 1 aliphatic rings. The van der Waals surface area contributed by atoms with Crippen molar-refractivity contribution in [1.82, 2.24) is 5.32 Å². The lowest BCUT2D eigenvalue weighted by molar-refractivity contribution is 0.182. The minimum Gasteiger partial charge on any atom is -0.490 e. The highest BCUT2D eigenvalue weighted by Crippen LogP contribution is 2.28. The average Bonchev–Trinajstić information content (AvgIpc) is 3.21. The summed E-state index contributed by atoms with van der Waals surface area (Å²) in [5.74, 6) is 1.69. The largest absolute Gasteiger partial charge is 0.490 e. The summed E-state index contributed by atoms with van der Waals surface area (Å²) in [6, 6.07) is 8.62. The van der Waals surface area contributed by atoms with E-state index in [1.165, 1.54) is 12.8 Å². The summed E-state index contributed by atoms with van der Waals surface area (Å²) in [5.41, 5.74) is 0. The molecule has 0 bridgehead atoms. The highest BCUT2D eigenvalue weighted by molar-refractivity contribution is 5.39. The summed E-state index contributed by atoms with van der Waals surface area (Å²) in [7, 11) is 0. The minimum atomic E-state index is 0.215. The molecule has 0 saturated heterocycles. The molecule has 1 unspecified atom stereocenters. The van der Waals surface area contributed by atoms with Crippen LogP contribution in [0.1, 0.15) is 33.1 Å². The standard InChI is InChI=1S/C15H23NO2/c1-3-13(11-16-12-9-10-12)18-15-8-6-5-7-14(15)17-4-2/h5-8,12-13,16H,3-4,9-11H2,1-2H3. The molecule has 1 saturated carbocycles. The van der Waals surface area contributed by atoms with Crippen molar-refractivity contribution < 1.29 is 9.47 Å². The first-order valence-electron chi connectivity index (χ1n) is 6.95. The third-order valence-corrected chi connectivity index (χ3v) is 3.11. The molecule has 0 amide bonds. The van der Waals surface area contributed by atoms with E-state index in [4.69, 9.17) is 9.47 Å². The van der Waals surface area contributed by atoms with Crippen LogP contribution in [0.4, 0.5) is 0 Å². The smallest absolute Gasteiger partial charge is 0.161 e. The van der Waals surface area contributed by atoms with Gasteiger partial charge < -0.3 is 14.8 Å². The first-order chi connectivity index (χ1) is 8.83. The zero-order chi connectivity index (χ0) is 12.8. The number of nitrogens with one attached hydrogen (secondary N) is 1. The average molecular weight is 249 g/mol. The molecule has 1 atom stereocenters. The number of ether oxygens (including phenoxy) is 2. The fourth-order valence-electron chi connectivity index (χ4n) is 1.86. The van der Waals surface area contributed by atoms with Crippen LogP contribution in [0, 0.1) is 0 Å². The van der Waals surface area contributed by atoms with Gasteiger partial charge in [-0.15, -0.1) is 0 Å². The molecule has 0 spiro atoms. The predicted octanol–water partition coefficient (Wildman–Crippen LogP) is 2.99. The Balaban J connectivity index is 1.91. The van der Waals surface area contributed by atoms with E-state index >= 15 is 0 Å². The number of hydrogen-bond acceptors (Lipinski definition) is 3. The van der Waals surface area contributed by atoms with Gasteiger partial charge in [0.15, 0.2) is 11.5 Å². The van der Waals surface area contributed by atoms with E-state index in [0.717, 1.165) is 30.5 Å². The lowest BCUT2D eigenvalue weighted by Crippen LogP contribution is -2.32. The molecular formula is C15H23NO2. The normalized spacial score (nSPS) is 16.3. The monoisotopic (exact) mass is 249 g/mol. The van der Waals surface area contributed by atoms with Gasteiger partial charge in [0.2, 0.25) is 0 Å². The summed E-state index contributed by atoms with van der Waals surface area (Å²) < 4.78 is 11.6. The van der Waals surface area contributed by atoms with Crippen molar-refractivity contribution >= 4 is 0 Å². The topological polar surface area (TPSA) is 30.5 Å². The number of para-hydroxylation sites is 2. The number of hydrogen-bond donors (Lipinski definition) is 1. The van der Waals surface area contributed by atoms with Crippen molar-refractivity contribution in [3.05, 3.63) is 24.3 Å². The SMILES string of the molecule is CCOc1ccccc1OC(CC)CNC1CC1. The Morgan fingerprint density at radius 1 is 1.22 bits per heavy atom. The summed E-state index contributed by atoms with van der Waals surface area (Å²) in [6.07, 6.45) is 3.84. The van der Waals surface area contributed by atoms with Crippen molar-refractivity contribution in [2.45, 2.75) is 45.3 Å². The molecule has 1 fully saturated rings. The van der Waals surface area contributed by atoms with E-state index in [-0.39, 0.29) is 6.10 Å². The molecule has 0 radical (unpaired) electrons. The Kier molecular flexibility index (Phi) is 4.88. The van der Waals surface area contributed by atoms with Gasteiger partial charge in [-0.05, 0) is 38.3 Å². The molecule has 1 N–H and O–H groups in total. The Labute approximate surface area is 109 Å². The van der Waals surface area contributed by atoms with Crippen LogP contribution >= 0.6 is 0 Å². The van der Waals surface area contributed by atoms with Gasteiger partial charge in [0.25, 0.3) is 0 Å². The highest BCUT2D eigenvalue weighted by atomic mass is 16.5. The van der Waals surface area contributed by atoms with Crippen molar-refractivity contribution in [1.29, 1.82) is 0 Å². The quantitative estimate of drug-likeness (QED) is 0.768. The van der Waals surface area contributed by atoms with Gasteiger partial charge in [-0.25, -0.2) is 0 Å². The van der Waals surface area contributed by atoms with Crippen molar-refractivity contribution in [3.8, 4) is 11.5 Å². The molecule has 18 heavy (non-hydrogen) atoms. The van der Waals surface area contributed by atoms with Gasteiger partial charge in [-0.1, -0.05) is 19.1 Å². The van der Waals surface area contributed by atoms with Crippen LogP contribution in [0.5, 0.6) is 11.5 Å².